The highest BCUT2D eigenvalue weighted by Crippen LogP contribution is 2.27. The lowest BCUT2D eigenvalue weighted by Gasteiger charge is -2.34. The highest BCUT2D eigenvalue weighted by molar-refractivity contribution is 5.92. The molecule has 3 fully saturated rings. The summed E-state index contributed by atoms with van der Waals surface area (Å²) in [5.41, 5.74) is 0.466. The first kappa shape index (κ1) is 17.5. The smallest absolute Gasteiger partial charge is 0.276 e. The van der Waals surface area contributed by atoms with E-state index in [1.807, 2.05) is 20.7 Å². The molecular weight excluding hydrogens is 330 g/mol. The van der Waals surface area contributed by atoms with Gasteiger partial charge in [-0.2, -0.15) is 0 Å². The molecule has 1 aromatic rings. The fourth-order valence-electron chi connectivity index (χ4n) is 4.67. The Bertz CT molecular complexity index is 652. The van der Waals surface area contributed by atoms with Crippen molar-refractivity contribution >= 4 is 11.8 Å². The van der Waals surface area contributed by atoms with Gasteiger partial charge < -0.3 is 9.80 Å². The van der Waals surface area contributed by atoms with Gasteiger partial charge in [-0.3, -0.25) is 9.59 Å². The molecule has 26 heavy (non-hydrogen) atoms. The van der Waals surface area contributed by atoms with E-state index < -0.39 is 0 Å². The average molecular weight is 359 g/mol. The Hall–Kier alpha value is -1.92. The Morgan fingerprint density at radius 3 is 2.69 bits per heavy atom. The molecule has 7 heteroatoms. The number of aromatic nitrogens is 3. The number of rotatable bonds is 4. The molecule has 142 valence electrons. The number of likely N-dealkylation sites (tertiary alicyclic amines) is 2. The van der Waals surface area contributed by atoms with Crippen LogP contribution >= 0.6 is 0 Å². The number of hydrogen-bond acceptors (Lipinski definition) is 4. The van der Waals surface area contributed by atoms with Crippen LogP contribution in [0.4, 0.5) is 0 Å². The van der Waals surface area contributed by atoms with Gasteiger partial charge in [-0.25, -0.2) is 4.68 Å². The molecule has 0 aromatic carbocycles. The summed E-state index contributed by atoms with van der Waals surface area (Å²) < 4.78 is 1.90. The van der Waals surface area contributed by atoms with E-state index in [9.17, 15) is 9.59 Å². The monoisotopic (exact) mass is 359 g/mol. The summed E-state index contributed by atoms with van der Waals surface area (Å²) in [7, 11) is 0. The summed E-state index contributed by atoms with van der Waals surface area (Å²) in [6.07, 6.45) is 11.6. The Labute approximate surface area is 154 Å². The molecule has 0 radical (unpaired) electrons. The minimum Gasteiger partial charge on any atom is -0.342 e. The minimum atomic E-state index is -0.00971. The number of amides is 2. The fourth-order valence-corrected chi connectivity index (χ4v) is 4.67. The van der Waals surface area contributed by atoms with E-state index in [0.717, 1.165) is 58.3 Å². The van der Waals surface area contributed by atoms with Crippen LogP contribution in [-0.2, 0) is 4.79 Å². The second-order valence-electron chi connectivity index (χ2n) is 8.08. The molecule has 0 bridgehead atoms. The first-order valence-electron chi connectivity index (χ1n) is 10.2. The van der Waals surface area contributed by atoms with Crippen LogP contribution in [0.2, 0.25) is 0 Å². The van der Waals surface area contributed by atoms with Crippen molar-refractivity contribution in [2.75, 3.05) is 26.2 Å². The van der Waals surface area contributed by atoms with Crippen molar-refractivity contribution < 1.29 is 9.59 Å². The van der Waals surface area contributed by atoms with Gasteiger partial charge in [-0.05, 0) is 38.0 Å². The van der Waals surface area contributed by atoms with Crippen LogP contribution in [0.3, 0.4) is 0 Å². The van der Waals surface area contributed by atoms with E-state index in [-0.39, 0.29) is 11.8 Å². The van der Waals surface area contributed by atoms with Gasteiger partial charge in [0.1, 0.15) is 0 Å². The highest BCUT2D eigenvalue weighted by Gasteiger charge is 2.30. The van der Waals surface area contributed by atoms with Crippen molar-refractivity contribution in [3.63, 3.8) is 0 Å². The number of carbonyl (C=O) groups excluding carboxylic acids is 2. The van der Waals surface area contributed by atoms with Crippen molar-refractivity contribution in [1.29, 1.82) is 0 Å². The lowest BCUT2D eigenvalue weighted by Crippen LogP contribution is -2.44. The molecule has 0 unspecified atom stereocenters. The summed E-state index contributed by atoms with van der Waals surface area (Å²) in [4.78, 5) is 28.6. The van der Waals surface area contributed by atoms with Crippen LogP contribution in [0.1, 0.15) is 74.3 Å². The molecule has 1 aromatic heterocycles. The standard InChI is InChI=1S/C19H29N5O2/c25-18-9-5-10-22(18)12-15-6-4-11-23(13-15)19(26)17-14-24(21-20-17)16-7-2-1-3-8-16/h14-16H,1-13H2/t15-/m0/s1. The van der Waals surface area contributed by atoms with Crippen molar-refractivity contribution in [2.24, 2.45) is 5.92 Å². The Balaban J connectivity index is 1.36. The lowest BCUT2D eigenvalue weighted by molar-refractivity contribution is -0.128. The topological polar surface area (TPSA) is 71.3 Å². The summed E-state index contributed by atoms with van der Waals surface area (Å²) >= 11 is 0. The fraction of sp³-hybridized carbons (Fsp3) is 0.789. The van der Waals surface area contributed by atoms with Gasteiger partial charge in [-0.15, -0.1) is 5.10 Å². The molecule has 4 rings (SSSR count). The second-order valence-corrected chi connectivity index (χ2v) is 8.08. The maximum absolute atomic E-state index is 12.9. The molecule has 7 nitrogen and oxygen atoms in total. The molecule has 2 aliphatic heterocycles. The van der Waals surface area contributed by atoms with Gasteiger partial charge in [0, 0.05) is 32.6 Å². The van der Waals surface area contributed by atoms with Gasteiger partial charge in [0.2, 0.25) is 5.91 Å². The minimum absolute atomic E-state index is 0.00971. The van der Waals surface area contributed by atoms with Crippen LogP contribution in [0.25, 0.3) is 0 Å². The van der Waals surface area contributed by atoms with E-state index in [0.29, 0.717) is 24.1 Å². The van der Waals surface area contributed by atoms with E-state index in [1.54, 1.807) is 0 Å². The zero-order valence-corrected chi connectivity index (χ0v) is 15.5. The number of piperidine rings is 1. The molecule has 1 aliphatic carbocycles. The summed E-state index contributed by atoms with van der Waals surface area (Å²) in [5.74, 6) is 0.636. The summed E-state index contributed by atoms with van der Waals surface area (Å²) in [6.45, 7) is 3.16. The SMILES string of the molecule is O=C1CCCN1C[C@@H]1CCCN(C(=O)c2cn(C3CCCCC3)nn2)C1. The Kier molecular flexibility index (Phi) is 5.22. The largest absolute Gasteiger partial charge is 0.342 e. The number of carbonyl (C=O) groups is 2. The zero-order valence-electron chi connectivity index (χ0n) is 15.5. The summed E-state index contributed by atoms with van der Waals surface area (Å²) in [6, 6.07) is 0.396. The molecule has 2 amide bonds. The number of hydrogen-bond donors (Lipinski definition) is 0. The van der Waals surface area contributed by atoms with Gasteiger partial charge in [-0.1, -0.05) is 24.5 Å². The van der Waals surface area contributed by atoms with Crippen LogP contribution in [0, 0.1) is 5.92 Å². The first-order valence-corrected chi connectivity index (χ1v) is 10.2. The number of nitrogens with zero attached hydrogens (tertiary/aromatic N) is 5. The van der Waals surface area contributed by atoms with E-state index >= 15 is 0 Å². The third kappa shape index (κ3) is 3.76. The molecule has 0 spiro atoms. The summed E-state index contributed by atoms with van der Waals surface area (Å²) in [5, 5.41) is 8.40. The molecule has 3 heterocycles. The van der Waals surface area contributed by atoms with Gasteiger partial charge in [0.05, 0.1) is 12.2 Å². The van der Waals surface area contributed by atoms with Crippen LogP contribution in [0.15, 0.2) is 6.20 Å². The molecule has 0 N–H and O–H groups in total. The Morgan fingerprint density at radius 2 is 1.92 bits per heavy atom. The molecular formula is C19H29N5O2. The van der Waals surface area contributed by atoms with Gasteiger partial charge in [0.25, 0.3) is 5.91 Å². The van der Waals surface area contributed by atoms with Gasteiger partial charge >= 0.3 is 0 Å². The predicted octanol–water partition coefficient (Wildman–Crippen LogP) is 2.26. The third-order valence-corrected chi connectivity index (χ3v) is 6.13. The second kappa shape index (κ2) is 7.76. The van der Waals surface area contributed by atoms with Crippen LogP contribution < -0.4 is 0 Å². The van der Waals surface area contributed by atoms with Crippen LogP contribution in [-0.4, -0.2) is 62.8 Å². The maximum atomic E-state index is 12.9. The van der Waals surface area contributed by atoms with E-state index in [4.69, 9.17) is 0 Å². The molecule has 3 aliphatic rings. The highest BCUT2D eigenvalue weighted by atomic mass is 16.2. The molecule has 2 saturated heterocycles. The normalized spacial score (nSPS) is 25.1. The van der Waals surface area contributed by atoms with E-state index in [2.05, 4.69) is 10.3 Å². The van der Waals surface area contributed by atoms with Crippen molar-refractivity contribution in [3.05, 3.63) is 11.9 Å². The molecule has 1 saturated carbocycles. The third-order valence-electron chi connectivity index (χ3n) is 6.13. The van der Waals surface area contributed by atoms with Crippen molar-refractivity contribution in [1.82, 2.24) is 24.8 Å². The van der Waals surface area contributed by atoms with Gasteiger partial charge in [0.15, 0.2) is 5.69 Å². The average Bonchev–Trinajstić information content (AvgIpc) is 3.32. The first-order chi connectivity index (χ1) is 12.7. The maximum Gasteiger partial charge on any atom is 0.276 e. The van der Waals surface area contributed by atoms with Crippen molar-refractivity contribution in [2.45, 2.75) is 63.8 Å². The predicted molar refractivity (Wildman–Crippen MR) is 96.6 cm³/mol. The Morgan fingerprint density at radius 1 is 1.08 bits per heavy atom. The van der Waals surface area contributed by atoms with E-state index in [1.165, 1.54) is 19.3 Å². The zero-order chi connectivity index (χ0) is 17.9. The lowest BCUT2D eigenvalue weighted by atomic mass is 9.96. The molecule has 1 atom stereocenters. The quantitative estimate of drug-likeness (QED) is 0.827. The van der Waals surface area contributed by atoms with Crippen molar-refractivity contribution in [3.8, 4) is 0 Å². The van der Waals surface area contributed by atoms with Crippen LogP contribution in [0.5, 0.6) is 0 Å².